The smallest absolute Gasteiger partial charge is 0.00666 e. The lowest BCUT2D eigenvalue weighted by atomic mass is 9.96. The molecule has 1 atom stereocenters. The zero-order valence-electron chi connectivity index (χ0n) is 8.60. The largest absolute Gasteiger partial charge is 0.317 e. The Hall–Kier alpha value is -0.0400. The monoisotopic (exact) mass is 169 g/mol. The molecule has 1 aliphatic carbocycles. The predicted molar refractivity (Wildman–Crippen MR) is 54.3 cm³/mol. The van der Waals surface area contributed by atoms with E-state index in [1.165, 1.54) is 44.9 Å². The third kappa shape index (κ3) is 3.14. The van der Waals surface area contributed by atoms with Crippen molar-refractivity contribution in [3.8, 4) is 0 Å². The summed E-state index contributed by atoms with van der Waals surface area (Å²) < 4.78 is 0. The van der Waals surface area contributed by atoms with Crippen molar-refractivity contribution in [2.75, 3.05) is 7.05 Å². The van der Waals surface area contributed by atoms with Crippen molar-refractivity contribution in [1.82, 2.24) is 5.32 Å². The van der Waals surface area contributed by atoms with Gasteiger partial charge in [0.05, 0.1) is 0 Å². The Morgan fingerprint density at radius 1 is 1.33 bits per heavy atom. The van der Waals surface area contributed by atoms with E-state index in [0.29, 0.717) is 0 Å². The molecule has 1 aliphatic rings. The maximum atomic E-state index is 3.43. The van der Waals surface area contributed by atoms with Crippen molar-refractivity contribution in [3.05, 3.63) is 0 Å². The highest BCUT2D eigenvalue weighted by molar-refractivity contribution is 4.74. The molecule has 1 rings (SSSR count). The quantitative estimate of drug-likeness (QED) is 0.667. The summed E-state index contributed by atoms with van der Waals surface area (Å²) in [6.07, 6.45) is 10.0. The van der Waals surface area contributed by atoms with E-state index in [1.54, 1.807) is 0 Å². The molecule has 0 saturated heterocycles. The third-order valence-corrected chi connectivity index (χ3v) is 3.14. The van der Waals surface area contributed by atoms with Gasteiger partial charge in [0.25, 0.3) is 0 Å². The Balaban J connectivity index is 2.16. The maximum Gasteiger partial charge on any atom is 0.00666 e. The molecule has 12 heavy (non-hydrogen) atoms. The van der Waals surface area contributed by atoms with E-state index < -0.39 is 0 Å². The van der Waals surface area contributed by atoms with Crippen molar-refractivity contribution in [1.29, 1.82) is 0 Å². The second-order valence-electron chi connectivity index (χ2n) is 4.16. The van der Waals surface area contributed by atoms with Crippen LogP contribution < -0.4 is 5.32 Å². The molecule has 0 aromatic carbocycles. The van der Waals surface area contributed by atoms with E-state index >= 15 is 0 Å². The van der Waals surface area contributed by atoms with Gasteiger partial charge in [-0.15, -0.1) is 0 Å². The zero-order chi connectivity index (χ0) is 8.81. The Labute approximate surface area is 76.9 Å². The number of hydrogen-bond acceptors (Lipinski definition) is 1. The molecule has 1 N–H and O–H groups in total. The van der Waals surface area contributed by atoms with Gasteiger partial charge in [0.15, 0.2) is 0 Å². The van der Waals surface area contributed by atoms with Crippen LogP contribution in [0.5, 0.6) is 0 Å². The van der Waals surface area contributed by atoms with E-state index in [2.05, 4.69) is 19.3 Å². The van der Waals surface area contributed by atoms with Gasteiger partial charge in [0.1, 0.15) is 0 Å². The molecule has 0 aromatic rings. The second kappa shape index (κ2) is 5.58. The van der Waals surface area contributed by atoms with Crippen LogP contribution in [0.4, 0.5) is 0 Å². The lowest BCUT2D eigenvalue weighted by molar-refractivity contribution is 0.386. The fourth-order valence-electron chi connectivity index (χ4n) is 2.38. The molecule has 1 nitrogen and oxygen atoms in total. The fraction of sp³-hybridized carbons (Fsp3) is 1.00. The molecular formula is C11H23N. The van der Waals surface area contributed by atoms with Crippen LogP contribution in [0.2, 0.25) is 0 Å². The van der Waals surface area contributed by atoms with Crippen LogP contribution in [0.3, 0.4) is 0 Å². The van der Waals surface area contributed by atoms with Gasteiger partial charge < -0.3 is 5.32 Å². The number of rotatable bonds is 5. The van der Waals surface area contributed by atoms with Crippen molar-refractivity contribution in [2.24, 2.45) is 5.92 Å². The van der Waals surface area contributed by atoms with Crippen LogP contribution in [0, 0.1) is 5.92 Å². The average Bonchev–Trinajstić information content (AvgIpc) is 2.56. The van der Waals surface area contributed by atoms with Gasteiger partial charge in [-0.25, -0.2) is 0 Å². The van der Waals surface area contributed by atoms with Crippen molar-refractivity contribution in [2.45, 2.75) is 57.9 Å². The Morgan fingerprint density at radius 3 is 2.50 bits per heavy atom. The summed E-state index contributed by atoms with van der Waals surface area (Å²) in [5.41, 5.74) is 0. The van der Waals surface area contributed by atoms with E-state index in [9.17, 15) is 0 Å². The molecule has 1 unspecified atom stereocenters. The average molecular weight is 169 g/mol. The molecule has 1 saturated carbocycles. The first-order valence-corrected chi connectivity index (χ1v) is 5.54. The predicted octanol–water partition coefficient (Wildman–Crippen LogP) is 2.95. The summed E-state index contributed by atoms with van der Waals surface area (Å²) in [5.74, 6) is 1.04. The SMILES string of the molecule is CCCC(CC1CCCC1)NC. The fourth-order valence-corrected chi connectivity index (χ4v) is 2.38. The van der Waals surface area contributed by atoms with Crippen molar-refractivity contribution >= 4 is 0 Å². The summed E-state index contributed by atoms with van der Waals surface area (Å²) >= 11 is 0. The first-order chi connectivity index (χ1) is 5.86. The van der Waals surface area contributed by atoms with E-state index in [0.717, 1.165) is 12.0 Å². The first kappa shape index (κ1) is 10.0. The van der Waals surface area contributed by atoms with Crippen LogP contribution in [0.25, 0.3) is 0 Å². The minimum atomic E-state index is 0.790. The van der Waals surface area contributed by atoms with Gasteiger partial charge in [-0.1, -0.05) is 39.0 Å². The van der Waals surface area contributed by atoms with Crippen molar-refractivity contribution < 1.29 is 0 Å². The zero-order valence-corrected chi connectivity index (χ0v) is 8.60. The molecule has 0 heterocycles. The lowest BCUT2D eigenvalue weighted by Gasteiger charge is -2.19. The Morgan fingerprint density at radius 2 is 2.00 bits per heavy atom. The number of nitrogens with one attached hydrogen (secondary N) is 1. The van der Waals surface area contributed by atoms with Gasteiger partial charge in [-0.2, -0.15) is 0 Å². The Kier molecular flexibility index (Phi) is 4.67. The minimum Gasteiger partial charge on any atom is -0.317 e. The lowest BCUT2D eigenvalue weighted by Crippen LogP contribution is -2.27. The molecule has 0 bridgehead atoms. The van der Waals surface area contributed by atoms with E-state index in [1.807, 2.05) is 0 Å². The molecule has 0 amide bonds. The molecular weight excluding hydrogens is 146 g/mol. The topological polar surface area (TPSA) is 12.0 Å². The van der Waals surface area contributed by atoms with Crippen LogP contribution in [0.1, 0.15) is 51.9 Å². The first-order valence-electron chi connectivity index (χ1n) is 5.54. The summed E-state index contributed by atoms with van der Waals surface area (Å²) in [4.78, 5) is 0. The van der Waals surface area contributed by atoms with Crippen LogP contribution in [0.15, 0.2) is 0 Å². The molecule has 0 spiro atoms. The van der Waals surface area contributed by atoms with E-state index in [4.69, 9.17) is 0 Å². The molecule has 1 fully saturated rings. The summed E-state index contributed by atoms with van der Waals surface area (Å²) in [6, 6.07) is 0.790. The Bertz CT molecular complexity index is 106. The summed E-state index contributed by atoms with van der Waals surface area (Å²) in [7, 11) is 2.11. The molecule has 0 aliphatic heterocycles. The van der Waals surface area contributed by atoms with Gasteiger partial charge in [0, 0.05) is 6.04 Å². The van der Waals surface area contributed by atoms with E-state index in [-0.39, 0.29) is 0 Å². The van der Waals surface area contributed by atoms with Gasteiger partial charge in [-0.05, 0) is 25.8 Å². The molecule has 1 heteroatoms. The minimum absolute atomic E-state index is 0.790. The van der Waals surface area contributed by atoms with Gasteiger partial charge >= 0.3 is 0 Å². The van der Waals surface area contributed by atoms with Crippen LogP contribution >= 0.6 is 0 Å². The maximum absolute atomic E-state index is 3.43. The van der Waals surface area contributed by atoms with Crippen LogP contribution in [-0.4, -0.2) is 13.1 Å². The number of hydrogen-bond donors (Lipinski definition) is 1. The van der Waals surface area contributed by atoms with Gasteiger partial charge in [-0.3, -0.25) is 0 Å². The standard InChI is InChI=1S/C11H23N/c1-3-6-11(12-2)9-10-7-4-5-8-10/h10-12H,3-9H2,1-2H3. The highest BCUT2D eigenvalue weighted by Gasteiger charge is 2.18. The summed E-state index contributed by atoms with van der Waals surface area (Å²) in [5, 5.41) is 3.43. The third-order valence-electron chi connectivity index (χ3n) is 3.14. The van der Waals surface area contributed by atoms with Crippen LogP contribution in [-0.2, 0) is 0 Å². The molecule has 0 aromatic heterocycles. The molecule has 0 radical (unpaired) electrons. The summed E-state index contributed by atoms with van der Waals surface area (Å²) in [6.45, 7) is 2.28. The van der Waals surface area contributed by atoms with Gasteiger partial charge in [0.2, 0.25) is 0 Å². The highest BCUT2D eigenvalue weighted by atomic mass is 14.9. The molecule has 72 valence electrons. The normalized spacial score (nSPS) is 21.5. The second-order valence-corrected chi connectivity index (χ2v) is 4.16. The van der Waals surface area contributed by atoms with Crippen molar-refractivity contribution in [3.63, 3.8) is 0 Å². The highest BCUT2D eigenvalue weighted by Crippen LogP contribution is 2.29.